The molecule has 1 aromatic heterocycles. The summed E-state index contributed by atoms with van der Waals surface area (Å²) in [5, 5.41) is 0.960. The summed E-state index contributed by atoms with van der Waals surface area (Å²) in [6, 6.07) is 4.90. The minimum atomic E-state index is -0.0504. The van der Waals surface area contributed by atoms with E-state index in [-0.39, 0.29) is 12.5 Å². The van der Waals surface area contributed by atoms with E-state index in [1.165, 1.54) is 0 Å². The van der Waals surface area contributed by atoms with Crippen molar-refractivity contribution in [1.29, 1.82) is 0 Å². The number of benzene rings is 1. The molecule has 2 heterocycles. The minimum Gasteiger partial charge on any atom is -0.484 e. The molecule has 0 aliphatic carbocycles. The number of piperazine rings is 1. The maximum atomic E-state index is 12.3. The zero-order valence-electron chi connectivity index (χ0n) is 13.3. The average Bonchev–Trinajstić information content (AvgIpc) is 2.98. The van der Waals surface area contributed by atoms with Crippen molar-refractivity contribution >= 4 is 35.1 Å². The Kier molecular flexibility index (Phi) is 5.16. The van der Waals surface area contributed by atoms with Gasteiger partial charge in [0.1, 0.15) is 5.75 Å². The molecule has 2 aromatic rings. The van der Waals surface area contributed by atoms with Crippen LogP contribution in [0.2, 0.25) is 10.0 Å². The molecule has 0 radical (unpaired) electrons. The zero-order valence-corrected chi connectivity index (χ0v) is 14.8. The van der Waals surface area contributed by atoms with Gasteiger partial charge in [-0.15, -0.1) is 0 Å². The molecule has 1 fully saturated rings. The molecule has 1 saturated heterocycles. The van der Waals surface area contributed by atoms with E-state index in [0.717, 1.165) is 19.0 Å². The fraction of sp³-hybridized carbons (Fsp3) is 0.375. The van der Waals surface area contributed by atoms with Crippen molar-refractivity contribution in [3.8, 4) is 5.75 Å². The molecule has 3 rings (SSSR count). The average molecular weight is 369 g/mol. The Morgan fingerprint density at radius 3 is 2.42 bits per heavy atom. The molecule has 1 aromatic carbocycles. The lowest BCUT2D eigenvalue weighted by Gasteiger charge is -2.35. The predicted molar refractivity (Wildman–Crippen MR) is 94.0 cm³/mol. The number of aromatic nitrogens is 2. The molecule has 6 nitrogen and oxygen atoms in total. The summed E-state index contributed by atoms with van der Waals surface area (Å²) in [5.74, 6) is 1.37. The minimum absolute atomic E-state index is 0.0287. The van der Waals surface area contributed by atoms with Crippen LogP contribution in [0.15, 0.2) is 30.6 Å². The number of halogens is 2. The number of aryl methyl sites for hydroxylation is 1. The Bertz CT molecular complexity index is 706. The van der Waals surface area contributed by atoms with Gasteiger partial charge >= 0.3 is 0 Å². The number of carbonyl (C=O) groups is 1. The number of anilines is 1. The summed E-state index contributed by atoms with van der Waals surface area (Å²) in [6.45, 7) is 2.76. The highest BCUT2D eigenvalue weighted by molar-refractivity contribution is 6.34. The Morgan fingerprint density at radius 1 is 1.17 bits per heavy atom. The van der Waals surface area contributed by atoms with Crippen molar-refractivity contribution in [2.45, 2.75) is 0 Å². The van der Waals surface area contributed by atoms with Crippen molar-refractivity contribution in [2.75, 3.05) is 37.7 Å². The van der Waals surface area contributed by atoms with Crippen LogP contribution in [0.4, 0.5) is 5.95 Å². The van der Waals surface area contributed by atoms with Crippen LogP contribution in [0, 0.1) is 0 Å². The molecular formula is C16H18Cl2N4O2. The van der Waals surface area contributed by atoms with Gasteiger partial charge in [0.2, 0.25) is 5.95 Å². The Morgan fingerprint density at radius 2 is 1.83 bits per heavy atom. The van der Waals surface area contributed by atoms with Crippen LogP contribution in [0.1, 0.15) is 0 Å². The first-order valence-corrected chi connectivity index (χ1v) is 8.37. The highest BCUT2D eigenvalue weighted by Gasteiger charge is 2.23. The van der Waals surface area contributed by atoms with Gasteiger partial charge in [-0.05, 0) is 18.2 Å². The van der Waals surface area contributed by atoms with Gasteiger partial charge in [0, 0.05) is 55.7 Å². The molecule has 1 aliphatic heterocycles. The number of rotatable bonds is 4. The number of imidazole rings is 1. The maximum absolute atomic E-state index is 12.3. The van der Waals surface area contributed by atoms with Crippen LogP contribution in [-0.2, 0) is 11.8 Å². The monoisotopic (exact) mass is 368 g/mol. The zero-order chi connectivity index (χ0) is 17.1. The fourth-order valence-electron chi connectivity index (χ4n) is 2.67. The van der Waals surface area contributed by atoms with E-state index in [1.807, 2.05) is 17.8 Å². The van der Waals surface area contributed by atoms with Gasteiger partial charge in [0.25, 0.3) is 5.91 Å². The Hall–Kier alpha value is -1.92. The number of amides is 1. The van der Waals surface area contributed by atoms with Gasteiger partial charge in [-0.2, -0.15) is 0 Å². The van der Waals surface area contributed by atoms with E-state index < -0.39 is 0 Å². The molecule has 0 atom stereocenters. The van der Waals surface area contributed by atoms with E-state index in [2.05, 4.69) is 9.88 Å². The summed E-state index contributed by atoms with van der Waals surface area (Å²) in [7, 11) is 1.96. The highest BCUT2D eigenvalue weighted by Crippen LogP contribution is 2.24. The van der Waals surface area contributed by atoms with Gasteiger partial charge in [0.15, 0.2) is 6.61 Å². The summed E-state index contributed by atoms with van der Waals surface area (Å²) < 4.78 is 7.49. The molecular weight excluding hydrogens is 351 g/mol. The first-order chi connectivity index (χ1) is 11.5. The fourth-order valence-corrected chi connectivity index (χ4v) is 3.17. The predicted octanol–water partition coefficient (Wildman–Crippen LogP) is 2.45. The molecule has 1 amide bonds. The molecule has 0 N–H and O–H groups in total. The topological polar surface area (TPSA) is 50.6 Å². The van der Waals surface area contributed by atoms with Crippen molar-refractivity contribution < 1.29 is 9.53 Å². The lowest BCUT2D eigenvalue weighted by atomic mass is 10.3. The third kappa shape index (κ3) is 3.94. The SMILES string of the molecule is Cn1ccnc1N1CCN(C(=O)COc2cc(Cl)cc(Cl)c2)CC1. The summed E-state index contributed by atoms with van der Waals surface area (Å²) in [4.78, 5) is 20.6. The van der Waals surface area contributed by atoms with E-state index in [0.29, 0.717) is 28.9 Å². The summed E-state index contributed by atoms with van der Waals surface area (Å²) in [5.41, 5.74) is 0. The molecule has 0 unspecified atom stereocenters. The summed E-state index contributed by atoms with van der Waals surface area (Å²) >= 11 is 11.8. The number of hydrogen-bond acceptors (Lipinski definition) is 4. The molecule has 24 heavy (non-hydrogen) atoms. The number of hydrogen-bond donors (Lipinski definition) is 0. The Balaban J connectivity index is 1.51. The van der Waals surface area contributed by atoms with Crippen LogP contribution < -0.4 is 9.64 Å². The van der Waals surface area contributed by atoms with E-state index in [4.69, 9.17) is 27.9 Å². The van der Waals surface area contributed by atoms with Crippen LogP contribution in [-0.4, -0.2) is 53.1 Å². The van der Waals surface area contributed by atoms with E-state index in [1.54, 1.807) is 29.3 Å². The van der Waals surface area contributed by atoms with Crippen molar-refractivity contribution in [3.63, 3.8) is 0 Å². The van der Waals surface area contributed by atoms with Gasteiger partial charge in [0.05, 0.1) is 0 Å². The first-order valence-electron chi connectivity index (χ1n) is 7.62. The third-order valence-corrected chi connectivity index (χ3v) is 4.35. The number of ether oxygens (including phenoxy) is 1. The van der Waals surface area contributed by atoms with Crippen LogP contribution in [0.3, 0.4) is 0 Å². The van der Waals surface area contributed by atoms with Gasteiger partial charge in [-0.3, -0.25) is 4.79 Å². The van der Waals surface area contributed by atoms with Crippen LogP contribution >= 0.6 is 23.2 Å². The standard InChI is InChI=1S/C16H18Cl2N4O2/c1-20-3-2-19-16(20)22-6-4-21(5-7-22)15(23)11-24-14-9-12(17)8-13(18)10-14/h2-3,8-10H,4-7,11H2,1H3. The second-order valence-corrected chi connectivity index (χ2v) is 6.47. The molecule has 1 aliphatic rings. The molecule has 8 heteroatoms. The van der Waals surface area contributed by atoms with Gasteiger partial charge in [-0.1, -0.05) is 23.2 Å². The second kappa shape index (κ2) is 7.32. The van der Waals surface area contributed by atoms with Crippen LogP contribution in [0.5, 0.6) is 5.75 Å². The molecule has 0 saturated carbocycles. The number of carbonyl (C=O) groups excluding carboxylic acids is 1. The third-order valence-electron chi connectivity index (χ3n) is 3.91. The second-order valence-electron chi connectivity index (χ2n) is 5.60. The van der Waals surface area contributed by atoms with E-state index >= 15 is 0 Å². The molecule has 0 bridgehead atoms. The smallest absolute Gasteiger partial charge is 0.260 e. The summed E-state index contributed by atoms with van der Waals surface area (Å²) in [6.07, 6.45) is 3.69. The lowest BCUT2D eigenvalue weighted by Crippen LogP contribution is -2.50. The molecule has 128 valence electrons. The quantitative estimate of drug-likeness (QED) is 0.831. The normalized spacial score (nSPS) is 14.8. The van der Waals surface area contributed by atoms with Crippen molar-refractivity contribution in [3.05, 3.63) is 40.6 Å². The molecule has 0 spiro atoms. The van der Waals surface area contributed by atoms with Gasteiger partial charge in [-0.25, -0.2) is 4.98 Å². The maximum Gasteiger partial charge on any atom is 0.260 e. The Labute approximate surface area is 150 Å². The van der Waals surface area contributed by atoms with Crippen LogP contribution in [0.25, 0.3) is 0 Å². The highest BCUT2D eigenvalue weighted by atomic mass is 35.5. The van der Waals surface area contributed by atoms with Crippen molar-refractivity contribution in [2.24, 2.45) is 7.05 Å². The van der Waals surface area contributed by atoms with E-state index in [9.17, 15) is 4.79 Å². The first kappa shape index (κ1) is 16.9. The van der Waals surface area contributed by atoms with Crippen molar-refractivity contribution in [1.82, 2.24) is 14.5 Å². The largest absolute Gasteiger partial charge is 0.484 e. The number of nitrogens with zero attached hydrogens (tertiary/aromatic N) is 4. The van der Waals surface area contributed by atoms with Gasteiger partial charge < -0.3 is 19.1 Å². The lowest BCUT2D eigenvalue weighted by molar-refractivity contribution is -0.133.